The predicted octanol–water partition coefficient (Wildman–Crippen LogP) is 1.98. The molecule has 1 aliphatic rings. The number of H-pyrrole nitrogens is 2. The van der Waals surface area contributed by atoms with Crippen LogP contribution in [0.3, 0.4) is 0 Å². The van der Waals surface area contributed by atoms with E-state index in [1.165, 1.54) is 11.0 Å². The first-order valence-electron chi connectivity index (χ1n) is 11.9. The van der Waals surface area contributed by atoms with Crippen molar-refractivity contribution in [1.82, 2.24) is 29.9 Å². The topological polar surface area (TPSA) is 112 Å². The Kier molecular flexibility index (Phi) is 5.91. The minimum atomic E-state index is -0.501. The van der Waals surface area contributed by atoms with Gasteiger partial charge in [-0.25, -0.2) is 9.78 Å². The molecule has 35 heavy (non-hydrogen) atoms. The van der Waals surface area contributed by atoms with Crippen LogP contribution >= 0.6 is 0 Å². The number of nitrogens with zero attached hydrogens (tertiary/aromatic N) is 4. The normalized spacial score (nSPS) is 20.2. The van der Waals surface area contributed by atoms with Gasteiger partial charge < -0.3 is 9.99 Å². The van der Waals surface area contributed by atoms with Gasteiger partial charge in [-0.2, -0.15) is 4.68 Å². The molecule has 0 radical (unpaired) electrons. The first-order valence-corrected chi connectivity index (χ1v) is 11.9. The van der Waals surface area contributed by atoms with Crippen LogP contribution in [0, 0.1) is 18.8 Å². The number of hydrogen-bond donors (Lipinski definition) is 3. The number of rotatable bonds is 5. The smallest absolute Gasteiger partial charge is 0.339 e. The summed E-state index contributed by atoms with van der Waals surface area (Å²) in [5.74, 6) is 6.04. The summed E-state index contributed by atoms with van der Waals surface area (Å²) >= 11 is 0. The monoisotopic (exact) mass is 471 g/mol. The third-order valence-corrected chi connectivity index (χ3v) is 6.99. The second kappa shape index (κ2) is 9.04. The fourth-order valence-corrected chi connectivity index (χ4v) is 5.26. The molecule has 4 heterocycles. The van der Waals surface area contributed by atoms with E-state index in [4.69, 9.17) is 4.98 Å². The molecule has 0 amide bonds. The van der Waals surface area contributed by atoms with E-state index in [1.807, 2.05) is 31.0 Å². The van der Waals surface area contributed by atoms with Crippen molar-refractivity contribution in [2.24, 2.45) is 0 Å². The number of nitrogens with one attached hydrogen (secondary N) is 3. The number of aromatic amines is 2. The highest BCUT2D eigenvalue weighted by atomic mass is 16.2. The summed E-state index contributed by atoms with van der Waals surface area (Å²) in [6.45, 7) is 7.03. The van der Waals surface area contributed by atoms with E-state index in [0.29, 0.717) is 19.5 Å². The van der Waals surface area contributed by atoms with Gasteiger partial charge in [0, 0.05) is 29.6 Å². The Morgan fingerprint density at radius 1 is 1.29 bits per heavy atom. The maximum atomic E-state index is 13.4. The molecule has 1 aromatic carbocycles. The highest BCUT2D eigenvalue weighted by molar-refractivity contribution is 5.85. The molecule has 3 aromatic heterocycles. The lowest BCUT2D eigenvalue weighted by molar-refractivity contribution is 0.198. The number of aryl methyl sites for hydroxylation is 1. The van der Waals surface area contributed by atoms with Gasteiger partial charge in [0.15, 0.2) is 11.2 Å². The lowest BCUT2D eigenvalue weighted by Crippen LogP contribution is -2.69. The van der Waals surface area contributed by atoms with Crippen molar-refractivity contribution in [3.05, 3.63) is 68.9 Å². The molecule has 9 heteroatoms. The number of pyridine rings is 1. The minimum Gasteiger partial charge on any atom is -0.339 e. The summed E-state index contributed by atoms with van der Waals surface area (Å²) in [5, 5.41) is 7.71. The largest absolute Gasteiger partial charge is 0.349 e. The summed E-state index contributed by atoms with van der Waals surface area (Å²) in [7, 11) is 0. The average Bonchev–Trinajstić information content (AvgIpc) is 3.30. The van der Waals surface area contributed by atoms with Crippen molar-refractivity contribution >= 4 is 21.9 Å². The van der Waals surface area contributed by atoms with Crippen LogP contribution in [0.5, 0.6) is 0 Å². The first-order chi connectivity index (χ1) is 16.9. The Hall–Kier alpha value is -3.90. The summed E-state index contributed by atoms with van der Waals surface area (Å²) in [6, 6.07) is 10.0. The van der Waals surface area contributed by atoms with Crippen LogP contribution in [0.1, 0.15) is 38.1 Å². The Morgan fingerprint density at radius 2 is 2.11 bits per heavy atom. The molecule has 5 rings (SSSR count). The number of benzene rings is 1. The first kappa shape index (κ1) is 22.9. The Balaban J connectivity index is 1.66. The molecule has 3 N–H and O–H groups in total. The molecule has 0 bridgehead atoms. The van der Waals surface area contributed by atoms with Gasteiger partial charge in [0.25, 0.3) is 0 Å². The van der Waals surface area contributed by atoms with Gasteiger partial charge in [0.2, 0.25) is 0 Å². The molecule has 0 spiro atoms. The second-order valence-electron chi connectivity index (χ2n) is 9.29. The highest BCUT2D eigenvalue weighted by Gasteiger charge is 2.42. The molecule has 2 atom stereocenters. The molecule has 4 aromatic rings. The van der Waals surface area contributed by atoms with Crippen LogP contribution in [-0.4, -0.2) is 49.3 Å². The van der Waals surface area contributed by atoms with Crippen molar-refractivity contribution in [1.29, 1.82) is 0 Å². The van der Waals surface area contributed by atoms with E-state index in [2.05, 4.69) is 57.2 Å². The third kappa shape index (κ3) is 4.10. The van der Waals surface area contributed by atoms with E-state index in [0.717, 1.165) is 35.0 Å². The number of aromatic nitrogens is 5. The van der Waals surface area contributed by atoms with E-state index in [9.17, 15) is 9.59 Å². The van der Waals surface area contributed by atoms with Gasteiger partial charge in [-0.15, -0.1) is 5.92 Å². The van der Waals surface area contributed by atoms with Gasteiger partial charge in [-0.3, -0.25) is 20.1 Å². The van der Waals surface area contributed by atoms with E-state index < -0.39 is 16.8 Å². The van der Waals surface area contributed by atoms with Crippen molar-refractivity contribution in [2.45, 2.75) is 51.6 Å². The molecule has 9 nitrogen and oxygen atoms in total. The van der Waals surface area contributed by atoms with Gasteiger partial charge >= 0.3 is 11.2 Å². The van der Waals surface area contributed by atoms with Gasteiger partial charge in [0.05, 0.1) is 24.6 Å². The fourth-order valence-electron chi connectivity index (χ4n) is 5.26. The lowest BCUT2D eigenvalue weighted by atomic mass is 9.80. The zero-order chi connectivity index (χ0) is 24.6. The van der Waals surface area contributed by atoms with E-state index in [-0.39, 0.29) is 17.2 Å². The Morgan fingerprint density at radius 3 is 2.94 bits per heavy atom. The van der Waals surface area contributed by atoms with Crippen LogP contribution in [0.4, 0.5) is 0 Å². The predicted molar refractivity (Wildman–Crippen MR) is 137 cm³/mol. The van der Waals surface area contributed by atoms with Gasteiger partial charge in [-0.05, 0) is 45.1 Å². The van der Waals surface area contributed by atoms with Gasteiger partial charge in [0.1, 0.15) is 0 Å². The fraction of sp³-hybridized carbons (Fsp3) is 0.385. The number of imidazole rings is 1. The minimum absolute atomic E-state index is 0.230. The van der Waals surface area contributed by atoms with Crippen LogP contribution in [-0.2, 0) is 6.42 Å². The summed E-state index contributed by atoms with van der Waals surface area (Å²) < 4.78 is 1.23. The lowest BCUT2D eigenvalue weighted by Gasteiger charge is -2.49. The van der Waals surface area contributed by atoms with Crippen LogP contribution in [0.15, 0.2) is 46.2 Å². The third-order valence-electron chi connectivity index (χ3n) is 6.99. The Labute approximate surface area is 202 Å². The van der Waals surface area contributed by atoms with Crippen molar-refractivity contribution in [3.63, 3.8) is 0 Å². The standard InChI is InChI=1S/C26H29N7O2/c1-4-5-12-29-26(3)11-8-13-32(33-24(34)22-23(28-16-27-22)31-25(33)35)21(26)15-20-19-10-7-6-9-18(19)14-17(2)30-20/h6-7,9-10,14,16,21,29H,8,11-13,15H2,1-3H3,(H,27,28)(H,31,35)/t21?,26-/m1/s1. The van der Waals surface area contributed by atoms with Crippen LogP contribution in [0.25, 0.3) is 21.9 Å². The summed E-state index contributed by atoms with van der Waals surface area (Å²) in [5.41, 5.74) is 1.09. The van der Waals surface area contributed by atoms with Crippen LogP contribution < -0.4 is 21.6 Å². The zero-order valence-corrected chi connectivity index (χ0v) is 20.2. The molecule has 1 unspecified atom stereocenters. The number of hydrogen-bond acceptors (Lipinski definition) is 6. The number of fused-ring (bicyclic) bond motifs is 2. The summed E-state index contributed by atoms with van der Waals surface area (Å²) in [4.78, 5) is 41.1. The Bertz CT molecular complexity index is 1570. The molecular weight excluding hydrogens is 442 g/mol. The molecule has 0 aliphatic carbocycles. The molecule has 180 valence electrons. The van der Waals surface area contributed by atoms with Crippen LogP contribution in [0.2, 0.25) is 0 Å². The van der Waals surface area contributed by atoms with Crippen molar-refractivity contribution in [3.8, 4) is 11.8 Å². The zero-order valence-electron chi connectivity index (χ0n) is 20.2. The van der Waals surface area contributed by atoms with E-state index >= 15 is 0 Å². The maximum absolute atomic E-state index is 13.4. The van der Waals surface area contributed by atoms with Gasteiger partial charge in [-0.1, -0.05) is 30.2 Å². The van der Waals surface area contributed by atoms with Crippen molar-refractivity contribution < 1.29 is 0 Å². The quantitative estimate of drug-likeness (QED) is 0.384. The maximum Gasteiger partial charge on any atom is 0.349 e. The molecule has 1 aliphatic heterocycles. The molecule has 1 saturated heterocycles. The number of piperidine rings is 1. The highest BCUT2D eigenvalue weighted by Crippen LogP contribution is 2.30. The van der Waals surface area contributed by atoms with Crippen molar-refractivity contribution in [2.75, 3.05) is 18.1 Å². The second-order valence-corrected chi connectivity index (χ2v) is 9.29. The molecule has 0 saturated carbocycles. The molecular formula is C26H29N7O2. The summed E-state index contributed by atoms with van der Waals surface area (Å²) in [6.07, 6.45) is 3.66. The average molecular weight is 472 g/mol. The SMILES string of the molecule is CC#CCN[C@]1(C)CCCN(n2c(=O)[nH]c3nc[nH]c3c2=O)C1Cc1nc(C)cc2ccccc12. The molecule has 1 fully saturated rings. The van der Waals surface area contributed by atoms with E-state index in [1.54, 1.807) is 0 Å².